The highest BCUT2D eigenvalue weighted by Gasteiger charge is 2.35. The molecule has 5 rings (SSSR count). The molecule has 0 bridgehead atoms. The van der Waals surface area contributed by atoms with Crippen molar-refractivity contribution in [3.8, 4) is 0 Å². The molecule has 1 saturated heterocycles. The Labute approximate surface area is 304 Å². The lowest BCUT2D eigenvalue weighted by Gasteiger charge is -2.42. The van der Waals surface area contributed by atoms with E-state index in [1.807, 2.05) is 62.6 Å². The van der Waals surface area contributed by atoms with Gasteiger partial charge in [0.05, 0.1) is 16.2 Å². The number of hydrogen-bond acceptors (Lipinski definition) is 9. The van der Waals surface area contributed by atoms with Gasteiger partial charge < -0.3 is 25.6 Å². The molecule has 1 fully saturated rings. The zero-order valence-corrected chi connectivity index (χ0v) is 30.8. The molecule has 0 amide bonds. The van der Waals surface area contributed by atoms with Crippen LogP contribution in [0.5, 0.6) is 0 Å². The zero-order chi connectivity index (χ0) is 36.4. The fraction of sp³-hybridized carbons (Fsp3) is 0.342. The van der Waals surface area contributed by atoms with Crippen molar-refractivity contribution in [3.05, 3.63) is 119 Å². The van der Waals surface area contributed by atoms with Crippen LogP contribution in [-0.4, -0.2) is 77.4 Å². The van der Waals surface area contributed by atoms with Crippen LogP contribution in [0.15, 0.2) is 116 Å². The molecule has 1 heterocycles. The molecule has 0 unspecified atom stereocenters. The summed E-state index contributed by atoms with van der Waals surface area (Å²) in [6, 6.07) is 28.2. The topological polar surface area (TPSA) is 130 Å². The van der Waals surface area contributed by atoms with Crippen molar-refractivity contribution in [2.45, 2.75) is 47.1 Å². The van der Waals surface area contributed by atoms with Gasteiger partial charge in [0.2, 0.25) is 0 Å². The molecular formula is C38H45FN6O4S2. The Morgan fingerprint density at radius 3 is 2.35 bits per heavy atom. The summed E-state index contributed by atoms with van der Waals surface area (Å²) in [5.41, 5.74) is 8.20. The highest BCUT2D eigenvalue weighted by atomic mass is 32.2. The molecule has 0 aliphatic carbocycles. The number of nitroso groups, excluding NO2 is 1. The van der Waals surface area contributed by atoms with Crippen LogP contribution in [0.4, 0.5) is 21.5 Å². The van der Waals surface area contributed by atoms with Gasteiger partial charge >= 0.3 is 0 Å². The maximum Gasteiger partial charge on any atom is 0.284 e. The molecule has 4 aromatic rings. The number of ether oxygens (including phenoxy) is 1. The summed E-state index contributed by atoms with van der Waals surface area (Å²) < 4.78 is 50.8. The smallest absolute Gasteiger partial charge is 0.284 e. The number of anilines is 2. The van der Waals surface area contributed by atoms with Gasteiger partial charge in [0.25, 0.3) is 10.0 Å². The molecule has 1 aliphatic heterocycles. The lowest BCUT2D eigenvalue weighted by Crippen LogP contribution is -2.47. The van der Waals surface area contributed by atoms with Crippen LogP contribution >= 0.6 is 11.8 Å². The Hall–Kier alpha value is -4.30. The van der Waals surface area contributed by atoms with E-state index in [0.717, 1.165) is 42.1 Å². The third-order valence-corrected chi connectivity index (χ3v) is 11.6. The molecule has 1 atom stereocenters. The second-order valence-electron chi connectivity index (χ2n) is 13.0. The normalized spacial score (nSPS) is 15.5. The number of amidine groups is 1. The van der Waals surface area contributed by atoms with Crippen LogP contribution in [0.25, 0.3) is 0 Å². The van der Waals surface area contributed by atoms with Crippen LogP contribution in [0.1, 0.15) is 30.4 Å². The van der Waals surface area contributed by atoms with E-state index < -0.39 is 15.6 Å². The number of nitrogens with two attached hydrogens (primary N) is 1. The molecule has 3 N–H and O–H groups in total. The first-order valence-corrected chi connectivity index (χ1v) is 19.2. The van der Waals surface area contributed by atoms with Gasteiger partial charge in [0, 0.05) is 54.6 Å². The lowest BCUT2D eigenvalue weighted by molar-refractivity contribution is -0.0295. The van der Waals surface area contributed by atoms with Gasteiger partial charge in [-0.1, -0.05) is 36.4 Å². The Kier molecular flexibility index (Phi) is 12.9. The van der Waals surface area contributed by atoms with Crippen molar-refractivity contribution in [2.24, 2.45) is 15.3 Å². The summed E-state index contributed by atoms with van der Waals surface area (Å²) in [4.78, 5) is 17.1. The number of nitrogens with zero attached hydrogens (tertiary/aromatic N) is 4. The molecule has 51 heavy (non-hydrogen) atoms. The average molecular weight is 733 g/mol. The molecule has 10 nitrogen and oxygen atoms in total. The monoisotopic (exact) mass is 732 g/mol. The average Bonchev–Trinajstić information content (AvgIpc) is 3.14. The minimum atomic E-state index is -4.25. The number of methoxy groups -OCH3 is 1. The standard InChI is InChI=1S/C38H45FN6O4S2/c1-44(2)22-19-30(27-50-32-10-5-4-6-11-32)41-35-18-17-33(25-36(35)42-46)51(47,48)43-37(40)28-13-15-31(16-14-28)45-23-20-38(49-3,21-24-45)26-29-9-7-8-12-34(29)39/h4-18,25,30,41H,19-24,26-27H2,1-3H3,(H2,40,43)/t30-/m1/s1. The SMILES string of the molecule is COC1(Cc2ccccc2F)CCN(c2ccc(C(N)=NS(=O)(=O)c3ccc(N[C@H](CCN(C)C)CSc4ccccc4)c(N=O)c3)cc2)CC1. The van der Waals surface area contributed by atoms with E-state index in [1.54, 1.807) is 49.2 Å². The summed E-state index contributed by atoms with van der Waals surface area (Å²) in [5, 5.41) is 6.54. The fourth-order valence-corrected chi connectivity index (χ4v) is 8.07. The molecule has 1 aliphatic rings. The third kappa shape index (κ3) is 10.2. The number of hydrogen-bond donors (Lipinski definition) is 2. The number of piperidine rings is 1. The Morgan fingerprint density at radius 2 is 1.71 bits per heavy atom. The highest BCUT2D eigenvalue weighted by molar-refractivity contribution is 7.99. The maximum atomic E-state index is 14.4. The Bertz CT molecular complexity index is 1900. The third-order valence-electron chi connectivity index (χ3n) is 9.17. The second-order valence-corrected chi connectivity index (χ2v) is 15.7. The quantitative estimate of drug-likeness (QED) is 0.0538. The fourth-order valence-electron chi connectivity index (χ4n) is 6.11. The van der Waals surface area contributed by atoms with Crippen molar-refractivity contribution < 1.29 is 17.5 Å². The Balaban J connectivity index is 1.24. The molecule has 4 aromatic carbocycles. The largest absolute Gasteiger partial charge is 0.383 e. The summed E-state index contributed by atoms with van der Waals surface area (Å²) in [5.74, 6) is 0.335. The van der Waals surface area contributed by atoms with Gasteiger partial charge in [-0.2, -0.15) is 8.42 Å². The first-order valence-electron chi connectivity index (χ1n) is 16.8. The number of benzene rings is 4. The second kappa shape index (κ2) is 17.3. The van der Waals surface area contributed by atoms with Gasteiger partial charge in [0.1, 0.15) is 17.3 Å². The van der Waals surface area contributed by atoms with E-state index in [1.165, 1.54) is 18.2 Å². The van der Waals surface area contributed by atoms with Crippen LogP contribution < -0.4 is 16.0 Å². The van der Waals surface area contributed by atoms with E-state index >= 15 is 0 Å². The van der Waals surface area contributed by atoms with E-state index in [9.17, 15) is 17.7 Å². The molecular weight excluding hydrogens is 688 g/mol. The molecule has 0 spiro atoms. The van der Waals surface area contributed by atoms with Gasteiger partial charge in [0.15, 0.2) is 0 Å². The van der Waals surface area contributed by atoms with Crippen molar-refractivity contribution in [3.63, 3.8) is 0 Å². The minimum Gasteiger partial charge on any atom is -0.383 e. The number of sulfonamides is 1. The lowest BCUT2D eigenvalue weighted by atomic mass is 9.84. The Morgan fingerprint density at radius 1 is 1.02 bits per heavy atom. The molecule has 13 heteroatoms. The van der Waals surface area contributed by atoms with Gasteiger partial charge in [-0.15, -0.1) is 21.1 Å². The first kappa shape index (κ1) is 37.9. The minimum absolute atomic E-state index is 0.0106. The summed E-state index contributed by atoms with van der Waals surface area (Å²) in [7, 11) is 1.42. The van der Waals surface area contributed by atoms with Crippen LogP contribution in [-0.2, 0) is 21.2 Å². The van der Waals surface area contributed by atoms with Crippen molar-refractivity contribution in [2.75, 3.05) is 56.8 Å². The molecule has 0 radical (unpaired) electrons. The maximum absolute atomic E-state index is 14.4. The van der Waals surface area contributed by atoms with Gasteiger partial charge in [-0.3, -0.25) is 0 Å². The first-order chi connectivity index (χ1) is 24.5. The van der Waals surface area contributed by atoms with Crippen LogP contribution in [0.2, 0.25) is 0 Å². The number of rotatable bonds is 16. The number of nitrogens with one attached hydrogen (secondary N) is 1. The number of thioether (sulfide) groups is 1. The van der Waals surface area contributed by atoms with Crippen molar-refractivity contribution in [1.29, 1.82) is 0 Å². The highest BCUT2D eigenvalue weighted by Crippen LogP contribution is 2.34. The summed E-state index contributed by atoms with van der Waals surface area (Å²) in [6.07, 6.45) is 2.73. The summed E-state index contributed by atoms with van der Waals surface area (Å²) >= 11 is 1.70. The van der Waals surface area contributed by atoms with E-state index in [-0.39, 0.29) is 28.3 Å². The van der Waals surface area contributed by atoms with Gasteiger partial charge in [-0.25, -0.2) is 4.39 Å². The van der Waals surface area contributed by atoms with Crippen molar-refractivity contribution >= 4 is 44.7 Å². The van der Waals surface area contributed by atoms with E-state index in [4.69, 9.17) is 10.5 Å². The van der Waals surface area contributed by atoms with Crippen LogP contribution in [0, 0.1) is 10.7 Å². The molecule has 0 saturated carbocycles. The summed E-state index contributed by atoms with van der Waals surface area (Å²) in [6.45, 7) is 2.24. The van der Waals surface area contributed by atoms with Crippen molar-refractivity contribution in [1.82, 2.24) is 4.90 Å². The predicted molar refractivity (Wildman–Crippen MR) is 205 cm³/mol. The van der Waals surface area contributed by atoms with E-state index in [0.29, 0.717) is 36.3 Å². The molecule has 0 aromatic heterocycles. The van der Waals surface area contributed by atoms with Gasteiger partial charge in [-0.05, 0) is 111 Å². The number of halogens is 1. The van der Waals surface area contributed by atoms with Crippen LogP contribution in [0.3, 0.4) is 0 Å². The molecule has 270 valence electrons. The van der Waals surface area contributed by atoms with E-state index in [2.05, 4.69) is 24.7 Å². The zero-order valence-electron chi connectivity index (χ0n) is 29.2. The predicted octanol–water partition coefficient (Wildman–Crippen LogP) is 7.07.